The number of aromatic nitrogens is 2. The fourth-order valence-electron chi connectivity index (χ4n) is 2.50. The Morgan fingerprint density at radius 2 is 2.11 bits per heavy atom. The molecule has 1 fully saturated rings. The van der Waals surface area contributed by atoms with Crippen LogP contribution in [0.25, 0.3) is 0 Å². The average Bonchev–Trinajstić information content (AvgIpc) is 2.77. The van der Waals surface area contributed by atoms with Gasteiger partial charge in [-0.3, -0.25) is 0 Å². The number of morpholine rings is 1. The molecule has 1 N–H and O–H groups in total. The summed E-state index contributed by atoms with van der Waals surface area (Å²) in [5.41, 5.74) is 0. The molecule has 2 heterocycles. The van der Waals surface area contributed by atoms with Crippen molar-refractivity contribution in [3.05, 3.63) is 11.7 Å². The van der Waals surface area contributed by atoms with E-state index < -0.39 is 6.10 Å². The van der Waals surface area contributed by atoms with Crippen molar-refractivity contribution in [1.82, 2.24) is 15.0 Å². The largest absolute Gasteiger partial charge is 0.393 e. The molecule has 6 nitrogen and oxygen atoms in total. The average molecular weight is 269 g/mol. The molecule has 1 aliphatic rings. The van der Waals surface area contributed by atoms with Crippen LogP contribution in [0.2, 0.25) is 0 Å². The van der Waals surface area contributed by atoms with Gasteiger partial charge in [-0.05, 0) is 19.9 Å². The lowest BCUT2D eigenvalue weighted by molar-refractivity contribution is -0.0264. The van der Waals surface area contributed by atoms with E-state index in [0.29, 0.717) is 18.3 Å². The van der Waals surface area contributed by atoms with Crippen molar-refractivity contribution < 1.29 is 14.4 Å². The Morgan fingerprint density at radius 1 is 1.37 bits per heavy atom. The molecule has 0 amide bonds. The molecular formula is C13H23N3O3. The van der Waals surface area contributed by atoms with Crippen LogP contribution in [0.5, 0.6) is 0 Å². The molecule has 1 aromatic heterocycles. The minimum absolute atomic E-state index is 0.137. The summed E-state index contributed by atoms with van der Waals surface area (Å²) in [4.78, 5) is 6.60. The fraction of sp³-hybridized carbons (Fsp3) is 0.846. The highest BCUT2D eigenvalue weighted by Gasteiger charge is 2.30. The lowest BCUT2D eigenvalue weighted by Crippen LogP contribution is -2.35. The van der Waals surface area contributed by atoms with Gasteiger partial charge in [-0.25, -0.2) is 0 Å². The predicted molar refractivity (Wildman–Crippen MR) is 69.7 cm³/mol. The maximum Gasteiger partial charge on any atom is 0.232 e. The summed E-state index contributed by atoms with van der Waals surface area (Å²) in [5.74, 6) is 1.18. The third-order valence-electron chi connectivity index (χ3n) is 3.54. The van der Waals surface area contributed by atoms with Gasteiger partial charge < -0.3 is 19.3 Å². The topological polar surface area (TPSA) is 71.6 Å². The van der Waals surface area contributed by atoms with Gasteiger partial charge in [-0.1, -0.05) is 19.0 Å². The highest BCUT2D eigenvalue weighted by molar-refractivity contribution is 5.01. The van der Waals surface area contributed by atoms with Gasteiger partial charge in [0.05, 0.1) is 18.6 Å². The first-order chi connectivity index (χ1) is 8.99. The fourth-order valence-corrected chi connectivity index (χ4v) is 2.50. The molecule has 0 spiro atoms. The molecule has 0 bridgehead atoms. The van der Waals surface area contributed by atoms with Crippen molar-refractivity contribution in [3.8, 4) is 0 Å². The number of aliphatic hydroxyl groups is 1. The second-order valence-electron chi connectivity index (χ2n) is 5.62. The maximum atomic E-state index is 9.83. The van der Waals surface area contributed by atoms with E-state index in [1.54, 1.807) is 6.92 Å². The van der Waals surface area contributed by atoms with Crippen LogP contribution in [0.4, 0.5) is 0 Å². The first kappa shape index (κ1) is 14.4. The van der Waals surface area contributed by atoms with Gasteiger partial charge in [0.25, 0.3) is 0 Å². The van der Waals surface area contributed by atoms with E-state index >= 15 is 0 Å². The molecule has 0 aliphatic carbocycles. The first-order valence-electron chi connectivity index (χ1n) is 6.80. The normalized spacial score (nSPS) is 24.6. The second-order valence-corrected chi connectivity index (χ2v) is 5.62. The standard InChI is InChI=1S/C13H23N3O3/c1-8(2)11(9(3)17)13-14-12(15-19-13)10-7-16(4)5-6-18-10/h8-11,17H,5-7H2,1-4H3. The summed E-state index contributed by atoms with van der Waals surface area (Å²) < 4.78 is 11.0. The molecule has 2 rings (SSSR count). The van der Waals surface area contributed by atoms with Gasteiger partial charge in [-0.15, -0.1) is 0 Å². The first-order valence-corrected chi connectivity index (χ1v) is 6.80. The van der Waals surface area contributed by atoms with Crippen molar-refractivity contribution in [2.75, 3.05) is 26.7 Å². The lowest BCUT2D eigenvalue weighted by atomic mass is 9.91. The zero-order valence-corrected chi connectivity index (χ0v) is 12.0. The quantitative estimate of drug-likeness (QED) is 0.885. The monoisotopic (exact) mass is 269 g/mol. The van der Waals surface area contributed by atoms with Crippen LogP contribution in [0, 0.1) is 5.92 Å². The Kier molecular flexibility index (Phi) is 4.54. The van der Waals surface area contributed by atoms with Gasteiger partial charge in [0.15, 0.2) is 0 Å². The number of nitrogens with zero attached hydrogens (tertiary/aromatic N) is 3. The molecule has 1 aromatic rings. The van der Waals surface area contributed by atoms with Crippen LogP contribution in [0.15, 0.2) is 4.52 Å². The lowest BCUT2D eigenvalue weighted by Gasteiger charge is -2.27. The number of aliphatic hydroxyl groups excluding tert-OH is 1. The van der Waals surface area contributed by atoms with Crippen molar-refractivity contribution in [3.63, 3.8) is 0 Å². The molecule has 0 aromatic carbocycles. The van der Waals surface area contributed by atoms with Crippen LogP contribution in [0.3, 0.4) is 0 Å². The molecular weight excluding hydrogens is 246 g/mol. The van der Waals surface area contributed by atoms with E-state index in [1.807, 2.05) is 20.9 Å². The van der Waals surface area contributed by atoms with E-state index in [4.69, 9.17) is 9.26 Å². The van der Waals surface area contributed by atoms with Crippen molar-refractivity contribution in [1.29, 1.82) is 0 Å². The summed E-state index contributed by atoms with van der Waals surface area (Å²) in [7, 11) is 2.04. The smallest absolute Gasteiger partial charge is 0.232 e. The highest BCUT2D eigenvalue weighted by Crippen LogP contribution is 2.28. The molecule has 3 atom stereocenters. The molecule has 19 heavy (non-hydrogen) atoms. The van der Waals surface area contributed by atoms with Gasteiger partial charge >= 0.3 is 0 Å². The summed E-state index contributed by atoms with van der Waals surface area (Å²) in [5, 5.41) is 13.8. The Labute approximate surface area is 113 Å². The Balaban J connectivity index is 2.13. The van der Waals surface area contributed by atoms with Gasteiger partial charge in [0, 0.05) is 13.1 Å². The molecule has 6 heteroatoms. The third-order valence-corrected chi connectivity index (χ3v) is 3.54. The third kappa shape index (κ3) is 3.32. The van der Waals surface area contributed by atoms with Crippen LogP contribution >= 0.6 is 0 Å². The number of hydrogen-bond acceptors (Lipinski definition) is 6. The van der Waals surface area contributed by atoms with Gasteiger partial charge in [-0.2, -0.15) is 4.98 Å². The van der Waals surface area contributed by atoms with Crippen LogP contribution in [0.1, 0.15) is 44.5 Å². The summed E-state index contributed by atoms with van der Waals surface area (Å²) in [6.45, 7) is 8.18. The molecule has 108 valence electrons. The van der Waals surface area contributed by atoms with E-state index in [-0.39, 0.29) is 17.9 Å². The number of likely N-dealkylation sites (N-methyl/N-ethyl adjacent to an activating group) is 1. The number of ether oxygens (including phenoxy) is 1. The number of rotatable bonds is 4. The van der Waals surface area contributed by atoms with Crippen molar-refractivity contribution in [2.45, 2.75) is 38.9 Å². The summed E-state index contributed by atoms with van der Waals surface area (Å²) in [6, 6.07) is 0. The minimum atomic E-state index is -0.511. The zero-order chi connectivity index (χ0) is 14.0. The van der Waals surface area contributed by atoms with E-state index in [0.717, 1.165) is 13.1 Å². The van der Waals surface area contributed by atoms with E-state index in [2.05, 4.69) is 15.0 Å². The van der Waals surface area contributed by atoms with Crippen LogP contribution in [-0.2, 0) is 4.74 Å². The number of hydrogen-bond donors (Lipinski definition) is 1. The van der Waals surface area contributed by atoms with Gasteiger partial charge in [0.2, 0.25) is 11.7 Å². The Morgan fingerprint density at radius 3 is 2.68 bits per heavy atom. The minimum Gasteiger partial charge on any atom is -0.393 e. The predicted octanol–water partition coefficient (Wildman–Crippen LogP) is 1.19. The zero-order valence-electron chi connectivity index (χ0n) is 12.0. The van der Waals surface area contributed by atoms with E-state index in [9.17, 15) is 5.11 Å². The SMILES string of the molecule is CC(C)C(c1nc(C2CN(C)CCO2)no1)C(C)O. The second kappa shape index (κ2) is 5.98. The molecule has 1 saturated heterocycles. The Bertz CT molecular complexity index is 398. The summed E-state index contributed by atoms with van der Waals surface area (Å²) >= 11 is 0. The molecule has 3 unspecified atom stereocenters. The molecule has 1 aliphatic heterocycles. The maximum absolute atomic E-state index is 9.83. The summed E-state index contributed by atoms with van der Waals surface area (Å²) in [6.07, 6.45) is -0.652. The van der Waals surface area contributed by atoms with Crippen LogP contribution < -0.4 is 0 Å². The highest BCUT2D eigenvalue weighted by atomic mass is 16.5. The molecule has 0 radical (unpaired) electrons. The van der Waals surface area contributed by atoms with E-state index in [1.165, 1.54) is 0 Å². The van der Waals surface area contributed by atoms with Crippen molar-refractivity contribution >= 4 is 0 Å². The molecule has 0 saturated carbocycles. The Hall–Kier alpha value is -0.980. The van der Waals surface area contributed by atoms with Crippen LogP contribution in [-0.4, -0.2) is 53.0 Å². The van der Waals surface area contributed by atoms with Gasteiger partial charge in [0.1, 0.15) is 6.10 Å². The van der Waals surface area contributed by atoms with Crippen molar-refractivity contribution in [2.24, 2.45) is 5.92 Å².